The van der Waals surface area contributed by atoms with Crippen LogP contribution in [0.1, 0.15) is 17.2 Å². The first-order chi connectivity index (χ1) is 8.90. The van der Waals surface area contributed by atoms with Crippen molar-refractivity contribution in [3.05, 3.63) is 29.3 Å². The average molecular weight is 269 g/mol. The zero-order valence-electron chi connectivity index (χ0n) is 10.4. The van der Waals surface area contributed by atoms with Crippen LogP contribution in [0, 0.1) is 6.92 Å². The number of amides is 1. The molecule has 0 saturated carbocycles. The molecular formula is C12H13F2N3O2. The van der Waals surface area contributed by atoms with Crippen LogP contribution in [0.5, 0.6) is 5.75 Å². The van der Waals surface area contributed by atoms with E-state index < -0.39 is 12.7 Å². The number of hydrogen-bond acceptors (Lipinski definition) is 4. The molecule has 0 spiro atoms. The second-order valence-electron chi connectivity index (χ2n) is 4.19. The minimum Gasteiger partial charge on any atom is -0.435 e. The number of aliphatic imine (C=N–C) groups is 1. The number of alkyl halides is 2. The number of guanidine groups is 1. The molecule has 0 aromatic heterocycles. The van der Waals surface area contributed by atoms with Gasteiger partial charge in [-0.3, -0.25) is 9.69 Å². The number of carbonyl (C=O) groups is 1. The molecule has 2 N–H and O–H groups in total. The smallest absolute Gasteiger partial charge is 0.387 e. The molecule has 0 radical (unpaired) electrons. The van der Waals surface area contributed by atoms with E-state index in [4.69, 9.17) is 5.73 Å². The fraction of sp³-hybridized carbons (Fsp3) is 0.333. The van der Waals surface area contributed by atoms with E-state index in [0.717, 1.165) is 0 Å². The zero-order valence-corrected chi connectivity index (χ0v) is 10.4. The summed E-state index contributed by atoms with van der Waals surface area (Å²) in [4.78, 5) is 17.2. The Morgan fingerprint density at radius 1 is 1.47 bits per heavy atom. The molecule has 1 amide bonds. The van der Waals surface area contributed by atoms with E-state index in [0.29, 0.717) is 11.1 Å². The Bertz CT molecular complexity index is 546. The largest absolute Gasteiger partial charge is 0.435 e. The molecule has 7 heteroatoms. The molecule has 1 aliphatic heterocycles. The van der Waals surface area contributed by atoms with Gasteiger partial charge in [-0.15, -0.1) is 0 Å². The number of nitrogens with two attached hydrogens (primary N) is 1. The lowest BCUT2D eigenvalue weighted by Crippen LogP contribution is -2.34. The first-order valence-electron chi connectivity index (χ1n) is 5.56. The van der Waals surface area contributed by atoms with Crippen LogP contribution in [0.4, 0.5) is 8.78 Å². The molecular weight excluding hydrogens is 256 g/mol. The van der Waals surface area contributed by atoms with Crippen molar-refractivity contribution in [1.82, 2.24) is 4.90 Å². The molecule has 19 heavy (non-hydrogen) atoms. The van der Waals surface area contributed by atoms with Gasteiger partial charge >= 0.3 is 6.61 Å². The van der Waals surface area contributed by atoms with E-state index in [-0.39, 0.29) is 17.6 Å². The molecule has 1 unspecified atom stereocenters. The van der Waals surface area contributed by atoms with Crippen molar-refractivity contribution >= 4 is 11.9 Å². The van der Waals surface area contributed by atoms with Crippen LogP contribution in [0.25, 0.3) is 0 Å². The number of halogens is 2. The minimum absolute atomic E-state index is 0.0782. The van der Waals surface area contributed by atoms with Gasteiger partial charge < -0.3 is 10.5 Å². The topological polar surface area (TPSA) is 67.9 Å². The highest BCUT2D eigenvalue weighted by atomic mass is 19.3. The third kappa shape index (κ3) is 2.49. The summed E-state index contributed by atoms with van der Waals surface area (Å²) in [7, 11) is 1.53. The highest BCUT2D eigenvalue weighted by Crippen LogP contribution is 2.29. The summed E-state index contributed by atoms with van der Waals surface area (Å²) in [5, 5.41) is 0. The van der Waals surface area contributed by atoms with E-state index in [9.17, 15) is 13.6 Å². The molecule has 1 atom stereocenters. The van der Waals surface area contributed by atoms with Crippen LogP contribution in [0.15, 0.2) is 23.2 Å². The lowest BCUT2D eigenvalue weighted by atomic mass is 10.0. The number of nitrogens with zero attached hydrogens (tertiary/aromatic N) is 2. The Hall–Kier alpha value is -2.18. The molecule has 5 nitrogen and oxygen atoms in total. The van der Waals surface area contributed by atoms with Crippen molar-refractivity contribution in [3.8, 4) is 5.75 Å². The van der Waals surface area contributed by atoms with Crippen molar-refractivity contribution in [3.63, 3.8) is 0 Å². The monoisotopic (exact) mass is 269 g/mol. The zero-order chi connectivity index (χ0) is 14.2. The van der Waals surface area contributed by atoms with Crippen molar-refractivity contribution in [1.29, 1.82) is 0 Å². The van der Waals surface area contributed by atoms with E-state index in [1.165, 1.54) is 24.1 Å². The Morgan fingerprint density at radius 2 is 2.16 bits per heavy atom. The van der Waals surface area contributed by atoms with E-state index in [1.807, 2.05) is 0 Å². The summed E-state index contributed by atoms with van der Waals surface area (Å²) in [5.41, 5.74) is 6.66. The maximum atomic E-state index is 12.1. The van der Waals surface area contributed by atoms with E-state index >= 15 is 0 Å². The van der Waals surface area contributed by atoms with Crippen LogP contribution in [-0.4, -0.2) is 30.4 Å². The van der Waals surface area contributed by atoms with Crippen molar-refractivity contribution in [2.75, 3.05) is 7.05 Å². The van der Waals surface area contributed by atoms with Crippen LogP contribution in [-0.2, 0) is 4.79 Å². The number of benzene rings is 1. The van der Waals surface area contributed by atoms with Gasteiger partial charge in [-0.05, 0) is 30.2 Å². The van der Waals surface area contributed by atoms with Gasteiger partial charge in [-0.2, -0.15) is 8.78 Å². The summed E-state index contributed by atoms with van der Waals surface area (Å²) in [6.07, 6.45) is 0. The maximum Gasteiger partial charge on any atom is 0.387 e. The molecule has 1 heterocycles. The quantitative estimate of drug-likeness (QED) is 0.902. The van der Waals surface area contributed by atoms with Crippen molar-refractivity contribution in [2.45, 2.75) is 19.6 Å². The molecule has 1 aliphatic rings. The SMILES string of the molecule is Cc1cc(C2N=C(N)N(C)C2=O)ccc1OC(F)F. The molecule has 2 rings (SSSR count). The van der Waals surface area contributed by atoms with Crippen LogP contribution in [0.2, 0.25) is 0 Å². The predicted molar refractivity (Wildman–Crippen MR) is 64.9 cm³/mol. The summed E-state index contributed by atoms with van der Waals surface area (Å²) >= 11 is 0. The Morgan fingerprint density at radius 3 is 2.63 bits per heavy atom. The summed E-state index contributed by atoms with van der Waals surface area (Å²) < 4.78 is 28.6. The number of ether oxygens (including phenoxy) is 1. The number of aryl methyl sites for hydroxylation is 1. The van der Waals surface area contributed by atoms with Gasteiger partial charge in [-0.25, -0.2) is 4.99 Å². The number of rotatable bonds is 3. The maximum absolute atomic E-state index is 12.1. The van der Waals surface area contributed by atoms with E-state index in [1.54, 1.807) is 13.0 Å². The van der Waals surface area contributed by atoms with Crippen LogP contribution in [0.3, 0.4) is 0 Å². The Labute approximate surface area is 108 Å². The number of likely N-dealkylation sites (N-methyl/N-ethyl adjacent to an activating group) is 1. The van der Waals surface area contributed by atoms with Gasteiger partial charge in [-0.1, -0.05) is 6.07 Å². The first-order valence-corrected chi connectivity index (χ1v) is 5.56. The average Bonchev–Trinajstić information content (AvgIpc) is 2.59. The van der Waals surface area contributed by atoms with Gasteiger partial charge in [0.25, 0.3) is 5.91 Å². The standard InChI is InChI=1S/C12H13F2N3O2/c1-6-5-7(3-4-8(6)19-11(13)14)9-10(18)17(2)12(15)16-9/h3-5,9,11H,1-2H3,(H2,15,16). The molecule has 0 bridgehead atoms. The second-order valence-corrected chi connectivity index (χ2v) is 4.19. The molecule has 0 saturated heterocycles. The molecule has 0 fully saturated rings. The molecule has 0 aliphatic carbocycles. The van der Waals surface area contributed by atoms with Crippen LogP contribution >= 0.6 is 0 Å². The molecule has 102 valence electrons. The Balaban J connectivity index is 2.28. The van der Waals surface area contributed by atoms with Crippen molar-refractivity contribution < 1.29 is 18.3 Å². The minimum atomic E-state index is -2.88. The fourth-order valence-corrected chi connectivity index (χ4v) is 1.86. The lowest BCUT2D eigenvalue weighted by Gasteiger charge is -2.12. The predicted octanol–water partition coefficient (Wildman–Crippen LogP) is 1.42. The fourth-order valence-electron chi connectivity index (χ4n) is 1.86. The van der Waals surface area contributed by atoms with Crippen LogP contribution < -0.4 is 10.5 Å². The van der Waals surface area contributed by atoms with Gasteiger partial charge in [0.1, 0.15) is 5.75 Å². The third-order valence-corrected chi connectivity index (χ3v) is 2.90. The van der Waals surface area contributed by atoms with Gasteiger partial charge in [0.2, 0.25) is 0 Å². The van der Waals surface area contributed by atoms with Gasteiger partial charge in [0.05, 0.1) is 0 Å². The summed E-state index contributed by atoms with van der Waals surface area (Å²) in [6, 6.07) is 3.80. The number of hydrogen-bond donors (Lipinski definition) is 1. The van der Waals surface area contributed by atoms with Gasteiger partial charge in [0.15, 0.2) is 12.0 Å². The van der Waals surface area contributed by atoms with Crippen molar-refractivity contribution in [2.24, 2.45) is 10.7 Å². The first kappa shape index (κ1) is 13.3. The number of carbonyl (C=O) groups excluding carboxylic acids is 1. The lowest BCUT2D eigenvalue weighted by molar-refractivity contribution is -0.126. The van der Waals surface area contributed by atoms with E-state index in [2.05, 4.69) is 9.73 Å². The van der Waals surface area contributed by atoms with Gasteiger partial charge in [0, 0.05) is 7.05 Å². The normalized spacial score (nSPS) is 19.0. The highest BCUT2D eigenvalue weighted by Gasteiger charge is 2.31. The Kier molecular flexibility index (Phi) is 3.37. The third-order valence-electron chi connectivity index (χ3n) is 2.90. The second kappa shape index (κ2) is 4.83. The summed E-state index contributed by atoms with van der Waals surface area (Å²) in [5.74, 6) is -0.0329. The molecule has 1 aromatic rings. The molecule has 1 aromatic carbocycles. The highest BCUT2D eigenvalue weighted by molar-refractivity contribution is 6.04. The summed E-state index contributed by atoms with van der Waals surface area (Å²) in [6.45, 7) is -1.25.